The Labute approximate surface area is 126 Å². The zero-order valence-electron chi connectivity index (χ0n) is 11.8. The van der Waals surface area contributed by atoms with Crippen molar-refractivity contribution in [3.8, 4) is 22.9 Å². The largest absolute Gasteiger partial charge is 0.350 e. The van der Waals surface area contributed by atoms with Crippen LogP contribution in [0.15, 0.2) is 45.4 Å². The molecule has 2 aromatic heterocycles. The standard InChI is InChI=1S/C14H13N3O4S/c1-2-22(18,19)9-13-15-14(21-17-13)12-8-11(16-20-12)10-6-4-3-5-7-10/h3-8H,2,9H2,1H3. The van der Waals surface area contributed by atoms with Gasteiger partial charge in [0.1, 0.15) is 11.4 Å². The van der Waals surface area contributed by atoms with E-state index < -0.39 is 9.84 Å². The van der Waals surface area contributed by atoms with Crippen molar-refractivity contribution in [2.24, 2.45) is 0 Å². The van der Waals surface area contributed by atoms with Crippen LogP contribution in [0, 0.1) is 0 Å². The maximum absolute atomic E-state index is 11.5. The quantitative estimate of drug-likeness (QED) is 0.711. The average molecular weight is 319 g/mol. The molecule has 0 radical (unpaired) electrons. The van der Waals surface area contributed by atoms with E-state index in [1.807, 2.05) is 30.3 Å². The molecule has 0 bridgehead atoms. The van der Waals surface area contributed by atoms with Gasteiger partial charge in [0.2, 0.25) is 5.76 Å². The van der Waals surface area contributed by atoms with Gasteiger partial charge in [-0.3, -0.25) is 0 Å². The lowest BCUT2D eigenvalue weighted by Gasteiger charge is -1.93. The number of nitrogens with zero attached hydrogens (tertiary/aromatic N) is 3. The third-order valence-corrected chi connectivity index (χ3v) is 4.63. The van der Waals surface area contributed by atoms with Gasteiger partial charge in [-0.25, -0.2) is 8.42 Å². The average Bonchev–Trinajstić information content (AvgIpc) is 3.17. The van der Waals surface area contributed by atoms with Crippen molar-refractivity contribution in [3.05, 3.63) is 42.2 Å². The van der Waals surface area contributed by atoms with Gasteiger partial charge in [0, 0.05) is 17.4 Å². The molecular formula is C14H13N3O4S. The fraction of sp³-hybridized carbons (Fsp3) is 0.214. The van der Waals surface area contributed by atoms with Crippen LogP contribution in [0.2, 0.25) is 0 Å². The number of hydrogen-bond acceptors (Lipinski definition) is 7. The third-order valence-electron chi connectivity index (χ3n) is 3.05. The summed E-state index contributed by atoms with van der Waals surface area (Å²) in [6, 6.07) is 11.2. The molecule has 0 spiro atoms. The predicted octanol–water partition coefficient (Wildman–Crippen LogP) is 2.33. The minimum absolute atomic E-state index is 0.0251. The summed E-state index contributed by atoms with van der Waals surface area (Å²) in [5.41, 5.74) is 1.53. The Bertz CT molecular complexity index is 868. The molecule has 0 aliphatic rings. The van der Waals surface area contributed by atoms with E-state index in [1.54, 1.807) is 13.0 Å². The Morgan fingerprint density at radius 2 is 1.86 bits per heavy atom. The van der Waals surface area contributed by atoms with Crippen LogP contribution in [-0.2, 0) is 15.6 Å². The van der Waals surface area contributed by atoms with E-state index in [-0.39, 0.29) is 23.2 Å². The van der Waals surface area contributed by atoms with Crippen molar-refractivity contribution in [1.82, 2.24) is 15.3 Å². The molecule has 0 saturated heterocycles. The van der Waals surface area contributed by atoms with Gasteiger partial charge in [-0.05, 0) is 0 Å². The Morgan fingerprint density at radius 3 is 2.59 bits per heavy atom. The second-order valence-corrected chi connectivity index (χ2v) is 6.99. The van der Waals surface area contributed by atoms with Crippen molar-refractivity contribution >= 4 is 9.84 Å². The molecular weight excluding hydrogens is 306 g/mol. The van der Waals surface area contributed by atoms with Crippen LogP contribution in [0.1, 0.15) is 12.7 Å². The van der Waals surface area contributed by atoms with Gasteiger partial charge in [0.05, 0.1) is 0 Å². The fourth-order valence-electron chi connectivity index (χ4n) is 1.83. The molecule has 8 heteroatoms. The molecule has 0 aliphatic heterocycles. The van der Waals surface area contributed by atoms with E-state index in [0.717, 1.165) is 5.56 Å². The molecule has 7 nitrogen and oxygen atoms in total. The van der Waals surface area contributed by atoms with Crippen LogP contribution >= 0.6 is 0 Å². The van der Waals surface area contributed by atoms with Crippen LogP contribution in [0.3, 0.4) is 0 Å². The van der Waals surface area contributed by atoms with Gasteiger partial charge in [0.25, 0.3) is 5.89 Å². The predicted molar refractivity (Wildman–Crippen MR) is 78.4 cm³/mol. The molecule has 0 N–H and O–H groups in total. The van der Waals surface area contributed by atoms with E-state index in [2.05, 4.69) is 15.3 Å². The highest BCUT2D eigenvalue weighted by Gasteiger charge is 2.18. The second kappa shape index (κ2) is 5.72. The SMILES string of the molecule is CCS(=O)(=O)Cc1noc(-c2cc(-c3ccccc3)no2)n1. The monoisotopic (exact) mass is 319 g/mol. The summed E-state index contributed by atoms with van der Waals surface area (Å²) in [4.78, 5) is 4.03. The maximum atomic E-state index is 11.5. The van der Waals surface area contributed by atoms with Gasteiger partial charge in [-0.1, -0.05) is 47.6 Å². The topological polar surface area (TPSA) is 99.1 Å². The number of rotatable bonds is 5. The van der Waals surface area contributed by atoms with E-state index >= 15 is 0 Å². The van der Waals surface area contributed by atoms with Gasteiger partial charge >= 0.3 is 0 Å². The molecule has 0 amide bonds. The number of benzene rings is 1. The minimum Gasteiger partial charge on any atom is -0.350 e. The lowest BCUT2D eigenvalue weighted by atomic mass is 10.1. The molecule has 0 atom stereocenters. The maximum Gasteiger partial charge on any atom is 0.296 e. The lowest BCUT2D eigenvalue weighted by Crippen LogP contribution is -2.07. The van der Waals surface area contributed by atoms with E-state index in [9.17, 15) is 8.42 Å². The first-order valence-electron chi connectivity index (χ1n) is 6.63. The molecule has 3 aromatic rings. The highest BCUT2D eigenvalue weighted by atomic mass is 32.2. The number of sulfone groups is 1. The van der Waals surface area contributed by atoms with Gasteiger partial charge in [-0.15, -0.1) is 0 Å². The molecule has 0 saturated carbocycles. The van der Waals surface area contributed by atoms with E-state index in [0.29, 0.717) is 11.5 Å². The second-order valence-electron chi connectivity index (χ2n) is 4.63. The zero-order chi connectivity index (χ0) is 15.6. The van der Waals surface area contributed by atoms with Crippen LogP contribution in [0.4, 0.5) is 0 Å². The summed E-state index contributed by atoms with van der Waals surface area (Å²) in [6.07, 6.45) is 0. The van der Waals surface area contributed by atoms with Crippen LogP contribution in [-0.4, -0.2) is 29.5 Å². The molecule has 3 rings (SSSR count). The Kier molecular flexibility index (Phi) is 3.76. The van der Waals surface area contributed by atoms with Crippen molar-refractivity contribution < 1.29 is 17.5 Å². The van der Waals surface area contributed by atoms with Crippen molar-refractivity contribution in [1.29, 1.82) is 0 Å². The first kappa shape index (κ1) is 14.5. The molecule has 2 heterocycles. The number of hydrogen-bond donors (Lipinski definition) is 0. The lowest BCUT2D eigenvalue weighted by molar-refractivity contribution is 0.383. The van der Waals surface area contributed by atoms with Gasteiger partial charge < -0.3 is 9.05 Å². The summed E-state index contributed by atoms with van der Waals surface area (Å²) in [5, 5.41) is 7.60. The van der Waals surface area contributed by atoms with Gasteiger partial charge in [-0.2, -0.15) is 4.98 Å². The highest BCUT2D eigenvalue weighted by Crippen LogP contribution is 2.24. The van der Waals surface area contributed by atoms with Crippen LogP contribution < -0.4 is 0 Å². The summed E-state index contributed by atoms with van der Waals surface area (Å²) >= 11 is 0. The van der Waals surface area contributed by atoms with E-state index in [1.165, 1.54) is 0 Å². The first-order valence-corrected chi connectivity index (χ1v) is 8.45. The van der Waals surface area contributed by atoms with Crippen molar-refractivity contribution in [2.45, 2.75) is 12.7 Å². The summed E-state index contributed by atoms with van der Waals surface area (Å²) in [6.45, 7) is 1.57. The molecule has 0 unspecified atom stereocenters. The van der Waals surface area contributed by atoms with E-state index in [4.69, 9.17) is 9.05 Å². The first-order chi connectivity index (χ1) is 10.6. The molecule has 22 heavy (non-hydrogen) atoms. The van der Waals surface area contributed by atoms with Crippen LogP contribution in [0.25, 0.3) is 22.9 Å². The fourth-order valence-corrected chi connectivity index (χ4v) is 2.55. The summed E-state index contributed by atoms with van der Waals surface area (Å²) in [5.74, 6) is 0.279. The summed E-state index contributed by atoms with van der Waals surface area (Å²) in [7, 11) is -3.21. The normalized spacial score (nSPS) is 11.7. The Hall–Kier alpha value is -2.48. The third kappa shape index (κ3) is 3.06. The smallest absolute Gasteiger partial charge is 0.296 e. The molecule has 1 aromatic carbocycles. The molecule has 0 fully saturated rings. The Balaban J connectivity index is 1.84. The number of aromatic nitrogens is 3. The van der Waals surface area contributed by atoms with Crippen molar-refractivity contribution in [3.63, 3.8) is 0 Å². The molecule has 0 aliphatic carbocycles. The van der Waals surface area contributed by atoms with Crippen molar-refractivity contribution in [2.75, 3.05) is 5.75 Å². The zero-order valence-corrected chi connectivity index (χ0v) is 12.6. The van der Waals surface area contributed by atoms with Gasteiger partial charge in [0.15, 0.2) is 15.7 Å². The summed E-state index contributed by atoms with van der Waals surface area (Å²) < 4.78 is 33.3. The van der Waals surface area contributed by atoms with Crippen LogP contribution in [0.5, 0.6) is 0 Å². The molecule has 114 valence electrons. The Morgan fingerprint density at radius 1 is 1.09 bits per heavy atom. The highest BCUT2D eigenvalue weighted by molar-refractivity contribution is 7.90. The minimum atomic E-state index is -3.21.